The zero-order valence-electron chi connectivity index (χ0n) is 16.0. The van der Waals surface area contributed by atoms with Gasteiger partial charge in [-0.25, -0.2) is 14.6 Å². The Balaban J connectivity index is 1.46. The van der Waals surface area contributed by atoms with Gasteiger partial charge in [0.05, 0.1) is 6.61 Å². The van der Waals surface area contributed by atoms with Gasteiger partial charge in [-0.1, -0.05) is 30.3 Å². The Kier molecular flexibility index (Phi) is 4.93. The first kappa shape index (κ1) is 17.6. The number of hydrogen-bond acceptors (Lipinski definition) is 5. The lowest BCUT2D eigenvalue weighted by molar-refractivity contribution is 0.193. The third kappa shape index (κ3) is 3.59. The highest BCUT2D eigenvalue weighted by atomic mass is 16.5. The predicted molar refractivity (Wildman–Crippen MR) is 106 cm³/mol. The second-order valence-electron chi connectivity index (χ2n) is 7.55. The number of aromatic nitrogens is 5. The molecule has 7 heteroatoms. The van der Waals surface area contributed by atoms with Crippen LogP contribution in [0.1, 0.15) is 29.6 Å². The number of aryl methyl sites for hydroxylation is 2. The molecule has 0 spiro atoms. The summed E-state index contributed by atoms with van der Waals surface area (Å²) in [6.07, 6.45) is 5.00. The number of nitrogens with one attached hydrogen (secondary N) is 1. The minimum absolute atomic E-state index is 0.293. The lowest BCUT2D eigenvalue weighted by atomic mass is 10.1. The molecule has 1 N–H and O–H groups in total. The highest BCUT2D eigenvalue weighted by molar-refractivity contribution is 5.49. The van der Waals surface area contributed by atoms with E-state index in [-0.39, 0.29) is 0 Å². The summed E-state index contributed by atoms with van der Waals surface area (Å²) in [5, 5.41) is 8.30. The zero-order valence-corrected chi connectivity index (χ0v) is 16.0. The molecule has 0 aliphatic carbocycles. The van der Waals surface area contributed by atoms with Crippen molar-refractivity contribution in [1.29, 1.82) is 0 Å². The Hall–Kier alpha value is -2.51. The summed E-state index contributed by atoms with van der Waals surface area (Å²) in [5.41, 5.74) is 2.24. The van der Waals surface area contributed by atoms with Gasteiger partial charge in [0.2, 0.25) is 0 Å². The van der Waals surface area contributed by atoms with Crippen LogP contribution in [-0.2, 0) is 30.7 Å². The first-order valence-electron chi connectivity index (χ1n) is 10.2. The van der Waals surface area contributed by atoms with E-state index in [2.05, 4.69) is 46.4 Å². The fourth-order valence-corrected chi connectivity index (χ4v) is 3.98. The molecule has 2 aliphatic heterocycles. The molecule has 2 aromatic heterocycles. The van der Waals surface area contributed by atoms with Gasteiger partial charge in [0.25, 0.3) is 0 Å². The van der Waals surface area contributed by atoms with E-state index >= 15 is 0 Å². The molecular weight excluding hydrogens is 352 g/mol. The second kappa shape index (κ2) is 7.85. The van der Waals surface area contributed by atoms with E-state index in [9.17, 15) is 0 Å². The van der Waals surface area contributed by atoms with Crippen LogP contribution in [0.3, 0.4) is 0 Å². The van der Waals surface area contributed by atoms with Gasteiger partial charge in [-0.05, 0) is 18.4 Å². The van der Waals surface area contributed by atoms with E-state index in [1.807, 2.05) is 4.68 Å². The molecule has 0 radical (unpaired) electrons. The molecule has 0 bridgehead atoms. The number of nitrogens with zero attached hydrogens (tertiary/aromatic N) is 5. The van der Waals surface area contributed by atoms with Gasteiger partial charge in [0.1, 0.15) is 11.5 Å². The third-order valence-electron chi connectivity index (χ3n) is 5.58. The molecule has 146 valence electrons. The van der Waals surface area contributed by atoms with Crippen LogP contribution in [0.15, 0.2) is 36.5 Å². The van der Waals surface area contributed by atoms with Gasteiger partial charge in [-0.3, -0.25) is 0 Å². The maximum absolute atomic E-state index is 5.56. The molecular formula is C21H26N6O. The van der Waals surface area contributed by atoms with Gasteiger partial charge < -0.3 is 14.6 Å². The van der Waals surface area contributed by atoms with Crippen molar-refractivity contribution < 1.29 is 4.74 Å². The molecule has 1 atom stereocenters. The molecule has 1 aromatic carbocycles. The quantitative estimate of drug-likeness (QED) is 0.736. The smallest absolute Gasteiger partial charge is 0.178 e. The summed E-state index contributed by atoms with van der Waals surface area (Å²) in [7, 11) is 0. The van der Waals surface area contributed by atoms with Crippen molar-refractivity contribution in [2.45, 2.75) is 38.3 Å². The summed E-state index contributed by atoms with van der Waals surface area (Å²) in [6.45, 7) is 5.21. The van der Waals surface area contributed by atoms with E-state index < -0.39 is 0 Å². The molecule has 4 heterocycles. The number of hydrogen-bond donors (Lipinski definition) is 1. The summed E-state index contributed by atoms with van der Waals surface area (Å²) < 4.78 is 9.86. The van der Waals surface area contributed by atoms with Crippen LogP contribution in [0, 0.1) is 0 Å². The Morgan fingerprint density at radius 2 is 2.07 bits per heavy atom. The molecule has 1 fully saturated rings. The minimum atomic E-state index is 0.293. The lowest BCUT2D eigenvalue weighted by Crippen LogP contribution is -2.17. The maximum Gasteiger partial charge on any atom is 0.178 e. The molecule has 28 heavy (non-hydrogen) atoms. The summed E-state index contributed by atoms with van der Waals surface area (Å²) >= 11 is 0. The summed E-state index contributed by atoms with van der Waals surface area (Å²) in [6, 6.07) is 10.5. The van der Waals surface area contributed by atoms with E-state index in [4.69, 9.17) is 19.8 Å². The van der Waals surface area contributed by atoms with E-state index in [0.717, 1.165) is 75.2 Å². The van der Waals surface area contributed by atoms with Crippen molar-refractivity contribution in [2.75, 3.05) is 26.3 Å². The van der Waals surface area contributed by atoms with Crippen LogP contribution < -0.4 is 5.32 Å². The SMILES string of the molecule is c1ccc(CCn2nc(C3CCOC3)nc2-c2cn3c(n2)CCNCC3)cc1. The summed E-state index contributed by atoms with van der Waals surface area (Å²) in [4.78, 5) is 9.83. The first-order chi connectivity index (χ1) is 13.9. The van der Waals surface area contributed by atoms with Crippen molar-refractivity contribution in [3.63, 3.8) is 0 Å². The van der Waals surface area contributed by atoms with Crippen LogP contribution in [0.4, 0.5) is 0 Å². The van der Waals surface area contributed by atoms with Crippen molar-refractivity contribution in [2.24, 2.45) is 0 Å². The molecule has 0 amide bonds. The number of imidazole rings is 1. The normalized spacial score (nSPS) is 19.5. The predicted octanol–water partition coefficient (Wildman–Crippen LogP) is 2.03. The van der Waals surface area contributed by atoms with Gasteiger partial charge in [0.15, 0.2) is 11.6 Å². The Morgan fingerprint density at radius 1 is 1.14 bits per heavy atom. The van der Waals surface area contributed by atoms with Crippen molar-refractivity contribution in [1.82, 2.24) is 29.6 Å². The molecule has 1 saturated heterocycles. The average Bonchev–Trinajstić information content (AvgIpc) is 3.45. The number of ether oxygens (including phenoxy) is 1. The number of rotatable bonds is 5. The van der Waals surface area contributed by atoms with Crippen molar-refractivity contribution >= 4 is 0 Å². The van der Waals surface area contributed by atoms with E-state index in [1.54, 1.807) is 0 Å². The van der Waals surface area contributed by atoms with Crippen molar-refractivity contribution in [3.8, 4) is 11.5 Å². The molecule has 3 aromatic rings. The lowest BCUT2D eigenvalue weighted by Gasteiger charge is -2.05. The molecule has 7 nitrogen and oxygen atoms in total. The highest BCUT2D eigenvalue weighted by Crippen LogP contribution is 2.26. The molecule has 0 saturated carbocycles. The van der Waals surface area contributed by atoms with Gasteiger partial charge >= 0.3 is 0 Å². The highest BCUT2D eigenvalue weighted by Gasteiger charge is 2.25. The topological polar surface area (TPSA) is 69.8 Å². The van der Waals surface area contributed by atoms with Crippen LogP contribution in [0.2, 0.25) is 0 Å². The van der Waals surface area contributed by atoms with Gasteiger partial charge in [-0.15, -0.1) is 0 Å². The molecule has 2 aliphatic rings. The minimum Gasteiger partial charge on any atom is -0.381 e. The van der Waals surface area contributed by atoms with Crippen molar-refractivity contribution in [3.05, 3.63) is 53.7 Å². The van der Waals surface area contributed by atoms with Gasteiger partial charge in [0, 0.05) is 51.3 Å². The Morgan fingerprint density at radius 3 is 2.93 bits per heavy atom. The molecule has 5 rings (SSSR count). The van der Waals surface area contributed by atoms with Gasteiger partial charge in [-0.2, -0.15) is 5.10 Å². The van der Waals surface area contributed by atoms with Crippen LogP contribution >= 0.6 is 0 Å². The summed E-state index contributed by atoms with van der Waals surface area (Å²) in [5.74, 6) is 3.20. The Bertz CT molecular complexity index is 902. The standard InChI is InChI=1S/C21H26N6O/c1-2-4-16(5-3-1)7-11-27-21(24-20(25-27)17-8-13-28-15-17)18-14-26-12-10-22-9-6-19(26)23-18/h1-5,14,17,22H,6-13,15H2. The van der Waals surface area contributed by atoms with E-state index in [0.29, 0.717) is 12.5 Å². The largest absolute Gasteiger partial charge is 0.381 e. The fourth-order valence-electron chi connectivity index (χ4n) is 3.98. The second-order valence-corrected chi connectivity index (χ2v) is 7.55. The number of benzene rings is 1. The first-order valence-corrected chi connectivity index (χ1v) is 10.2. The van der Waals surface area contributed by atoms with E-state index in [1.165, 1.54) is 5.56 Å². The maximum atomic E-state index is 5.56. The monoisotopic (exact) mass is 378 g/mol. The van der Waals surface area contributed by atoms with Crippen LogP contribution in [0.5, 0.6) is 0 Å². The molecule has 1 unspecified atom stereocenters. The third-order valence-corrected chi connectivity index (χ3v) is 5.58. The zero-order chi connectivity index (χ0) is 18.8. The average molecular weight is 378 g/mol. The van der Waals surface area contributed by atoms with Crippen LogP contribution in [0.25, 0.3) is 11.5 Å². The Labute approximate surface area is 164 Å². The fraction of sp³-hybridized carbons (Fsp3) is 0.476. The van der Waals surface area contributed by atoms with Crippen LogP contribution in [-0.4, -0.2) is 50.6 Å². The number of fused-ring (bicyclic) bond motifs is 1.